The summed E-state index contributed by atoms with van der Waals surface area (Å²) < 4.78 is 47.2. The van der Waals surface area contributed by atoms with Crippen LogP contribution in [-0.2, 0) is 4.79 Å². The van der Waals surface area contributed by atoms with E-state index >= 15 is 8.78 Å². The second kappa shape index (κ2) is 10.4. The van der Waals surface area contributed by atoms with Crippen LogP contribution in [-0.4, -0.2) is 63.5 Å². The molecule has 1 aliphatic heterocycles. The van der Waals surface area contributed by atoms with E-state index < -0.39 is 46.5 Å². The van der Waals surface area contributed by atoms with Crippen LogP contribution in [0.2, 0.25) is 0 Å². The van der Waals surface area contributed by atoms with Crippen molar-refractivity contribution >= 4 is 17.6 Å². The van der Waals surface area contributed by atoms with E-state index in [9.17, 15) is 15.0 Å². The maximum Gasteiger partial charge on any atom is 0.347 e. The van der Waals surface area contributed by atoms with Gasteiger partial charge in [-0.25, -0.2) is 4.79 Å². The number of nitrogen functional groups attached to an aromatic ring is 1. The van der Waals surface area contributed by atoms with Crippen molar-refractivity contribution in [2.75, 3.05) is 20.1 Å². The van der Waals surface area contributed by atoms with Crippen LogP contribution in [0.15, 0.2) is 47.5 Å². The van der Waals surface area contributed by atoms with E-state index in [-0.39, 0.29) is 22.9 Å². The van der Waals surface area contributed by atoms with Crippen molar-refractivity contribution in [2.45, 2.75) is 19.4 Å². The fourth-order valence-corrected chi connectivity index (χ4v) is 3.53. The number of aliphatic carboxylic acids is 1. The van der Waals surface area contributed by atoms with Crippen LogP contribution >= 0.6 is 0 Å². The van der Waals surface area contributed by atoms with Crippen LogP contribution in [0.1, 0.15) is 25.0 Å². The molecule has 0 saturated heterocycles. The number of amidine groups is 2. The lowest BCUT2D eigenvalue weighted by molar-refractivity contribution is -0.152. The third kappa shape index (κ3) is 5.66. The molecule has 0 atom stereocenters. The van der Waals surface area contributed by atoms with Gasteiger partial charge in [-0.15, -0.1) is 0 Å². The number of pyridine rings is 1. The minimum Gasteiger partial charge on any atom is -0.504 e. The van der Waals surface area contributed by atoms with Gasteiger partial charge in [-0.2, -0.15) is 13.8 Å². The lowest BCUT2D eigenvalue weighted by atomic mass is 10.1. The summed E-state index contributed by atoms with van der Waals surface area (Å²) >= 11 is 0. The molecule has 2 heterocycles. The third-order valence-electron chi connectivity index (χ3n) is 5.69. The smallest absolute Gasteiger partial charge is 0.347 e. The van der Waals surface area contributed by atoms with Crippen molar-refractivity contribution in [1.82, 2.24) is 9.88 Å². The molecule has 1 aliphatic rings. The lowest BCUT2D eigenvalue weighted by Gasteiger charge is -2.23. The van der Waals surface area contributed by atoms with E-state index in [0.29, 0.717) is 17.9 Å². The number of nitrogens with one attached hydrogen (secondary N) is 1. The molecule has 0 fully saturated rings. The lowest BCUT2D eigenvalue weighted by Crippen LogP contribution is -2.38. The van der Waals surface area contributed by atoms with Crippen molar-refractivity contribution in [2.24, 2.45) is 10.7 Å². The van der Waals surface area contributed by atoms with Gasteiger partial charge >= 0.3 is 5.97 Å². The van der Waals surface area contributed by atoms with E-state index in [4.69, 9.17) is 25.4 Å². The van der Waals surface area contributed by atoms with Crippen LogP contribution in [0.3, 0.4) is 0 Å². The number of nitrogens with two attached hydrogens (primary N) is 1. The van der Waals surface area contributed by atoms with Gasteiger partial charge in [0.2, 0.25) is 17.4 Å². The zero-order valence-electron chi connectivity index (χ0n) is 21.2. The Morgan fingerprint density at radius 3 is 2.44 bits per heavy atom. The number of phenolic OH excluding ortho intramolecular Hbond substituents is 1. The Kier molecular flexibility index (Phi) is 7.25. The van der Waals surface area contributed by atoms with Crippen molar-refractivity contribution in [3.05, 3.63) is 65.2 Å². The molecule has 3 aromatic rings. The number of nitrogens with zero attached hydrogens (tertiary/aromatic N) is 3. The number of hydrogen-bond donors (Lipinski definition) is 4. The summed E-state index contributed by atoms with van der Waals surface area (Å²) in [5.41, 5.74) is 4.24. The zero-order valence-corrected chi connectivity index (χ0v) is 21.2. The fourth-order valence-electron chi connectivity index (χ4n) is 3.53. The van der Waals surface area contributed by atoms with Crippen molar-refractivity contribution < 1.29 is 38.0 Å². The molecule has 0 bridgehead atoms. The van der Waals surface area contributed by atoms with Crippen LogP contribution in [0.5, 0.6) is 34.8 Å². The van der Waals surface area contributed by atoms with Gasteiger partial charge < -0.3 is 35.1 Å². The normalized spacial score (nSPS) is 13.2. The Hall–Kier alpha value is -4.94. The van der Waals surface area contributed by atoms with Gasteiger partial charge in [0.15, 0.2) is 17.1 Å². The summed E-state index contributed by atoms with van der Waals surface area (Å²) in [6.07, 6.45) is 0. The molecule has 5 N–H and O–H groups in total. The van der Waals surface area contributed by atoms with Gasteiger partial charge in [0.1, 0.15) is 17.4 Å². The van der Waals surface area contributed by atoms with E-state index in [1.54, 1.807) is 18.2 Å². The summed E-state index contributed by atoms with van der Waals surface area (Å²) in [5.74, 6) is -7.58. The molecular weight excluding hydrogens is 516 g/mol. The third-order valence-corrected chi connectivity index (χ3v) is 5.69. The maximum absolute atomic E-state index is 15.5. The van der Waals surface area contributed by atoms with E-state index in [2.05, 4.69) is 9.98 Å². The van der Waals surface area contributed by atoms with Gasteiger partial charge in [-0.3, -0.25) is 10.4 Å². The summed E-state index contributed by atoms with van der Waals surface area (Å²) in [4.78, 5) is 21.8. The SMILES string of the molecule is CN1CCN=C1c1cccc(Oc2nc(Oc3cc(C(=N)N)ccc3O)c(F)c(OC(C)(C)C(=O)O)c2F)c1. The number of aromatic nitrogens is 1. The highest BCUT2D eigenvalue weighted by Crippen LogP contribution is 2.40. The number of rotatable bonds is 9. The number of carboxylic acids is 1. The van der Waals surface area contributed by atoms with Crippen molar-refractivity contribution in [1.29, 1.82) is 5.41 Å². The molecule has 0 saturated carbocycles. The molecule has 39 heavy (non-hydrogen) atoms. The minimum absolute atomic E-state index is 0.115. The second-order valence-electron chi connectivity index (χ2n) is 9.05. The highest BCUT2D eigenvalue weighted by atomic mass is 19.1. The van der Waals surface area contributed by atoms with E-state index in [0.717, 1.165) is 32.5 Å². The van der Waals surface area contributed by atoms with Crippen LogP contribution in [0, 0.1) is 17.0 Å². The first-order chi connectivity index (χ1) is 18.4. The second-order valence-corrected chi connectivity index (χ2v) is 9.05. The number of hydrogen-bond acceptors (Lipinski definition) is 9. The first kappa shape index (κ1) is 27.1. The number of ether oxygens (including phenoxy) is 3. The summed E-state index contributed by atoms with van der Waals surface area (Å²) in [5, 5.41) is 27.2. The van der Waals surface area contributed by atoms with Gasteiger partial charge in [0.05, 0.1) is 6.54 Å². The number of carboxylic acid groups (broad SMARTS) is 1. The Bertz CT molecular complexity index is 1490. The highest BCUT2D eigenvalue weighted by molar-refractivity contribution is 6.00. The minimum atomic E-state index is -2.06. The Labute approximate surface area is 221 Å². The fraction of sp³-hybridized carbons (Fsp3) is 0.231. The highest BCUT2D eigenvalue weighted by Gasteiger charge is 2.35. The number of phenols is 1. The van der Waals surface area contributed by atoms with Gasteiger partial charge in [0, 0.05) is 24.7 Å². The molecule has 0 spiro atoms. The van der Waals surface area contributed by atoms with Crippen LogP contribution < -0.4 is 19.9 Å². The molecule has 11 nitrogen and oxygen atoms in total. The molecule has 13 heteroatoms. The average Bonchev–Trinajstić information content (AvgIpc) is 3.31. The van der Waals surface area contributed by atoms with Gasteiger partial charge in [-0.1, -0.05) is 12.1 Å². The molecule has 1 aromatic heterocycles. The number of likely N-dealkylation sites (N-methyl/N-ethyl adjacent to an activating group) is 1. The largest absolute Gasteiger partial charge is 0.504 e. The summed E-state index contributed by atoms with van der Waals surface area (Å²) in [7, 11) is 1.87. The van der Waals surface area contributed by atoms with Crippen molar-refractivity contribution in [3.63, 3.8) is 0 Å². The Morgan fingerprint density at radius 2 is 1.82 bits per heavy atom. The number of halogens is 2. The first-order valence-electron chi connectivity index (χ1n) is 11.6. The monoisotopic (exact) mass is 541 g/mol. The number of aromatic hydroxyl groups is 1. The average molecular weight is 542 g/mol. The summed E-state index contributed by atoms with van der Waals surface area (Å²) in [6.45, 7) is 3.54. The predicted octanol–water partition coefficient (Wildman–Crippen LogP) is 3.87. The number of carbonyl (C=O) groups is 1. The first-order valence-corrected chi connectivity index (χ1v) is 11.6. The number of benzene rings is 2. The number of aliphatic imine (C=N–C) groups is 1. The predicted molar refractivity (Wildman–Crippen MR) is 136 cm³/mol. The maximum atomic E-state index is 15.5. The summed E-state index contributed by atoms with van der Waals surface area (Å²) in [6, 6.07) is 10.1. The Balaban J connectivity index is 1.79. The topological polar surface area (TPSA) is 164 Å². The van der Waals surface area contributed by atoms with Gasteiger partial charge in [0.25, 0.3) is 11.8 Å². The molecule has 0 unspecified atom stereocenters. The quantitative estimate of drug-likeness (QED) is 0.233. The molecule has 0 amide bonds. The van der Waals surface area contributed by atoms with Crippen LogP contribution in [0.4, 0.5) is 8.78 Å². The molecule has 4 rings (SSSR count). The Morgan fingerprint density at radius 1 is 1.13 bits per heavy atom. The molecule has 2 aromatic carbocycles. The van der Waals surface area contributed by atoms with E-state index in [1.807, 2.05) is 11.9 Å². The molecule has 204 valence electrons. The zero-order chi connectivity index (χ0) is 28.5. The molecular formula is C26H25F2N5O6. The standard InChI is InChI=1S/C26H25F2N5O6/c1-26(2,25(35)36)39-20-18(27)23(37-15-6-4-5-14(11-15)22-31-9-10-33(22)3)32-24(19(20)28)38-17-12-13(21(29)30)7-8-16(17)34/h4-8,11-12,34H,9-10H2,1-3H3,(H3,29,30)(H,35,36). The molecule has 0 aliphatic carbocycles. The van der Waals surface area contributed by atoms with Crippen LogP contribution in [0.25, 0.3) is 0 Å². The van der Waals surface area contributed by atoms with Gasteiger partial charge in [-0.05, 0) is 44.2 Å². The molecule has 0 radical (unpaired) electrons. The van der Waals surface area contributed by atoms with Crippen molar-refractivity contribution in [3.8, 4) is 34.8 Å². The van der Waals surface area contributed by atoms with E-state index in [1.165, 1.54) is 12.1 Å².